The number of nitrogens with two attached hydrogens (primary N) is 1. The fraction of sp³-hybridized carbons (Fsp3) is 0.462. The maximum Gasteiger partial charge on any atom is 0.243 e. The van der Waals surface area contributed by atoms with E-state index in [0.717, 1.165) is 5.56 Å². The highest BCUT2D eigenvalue weighted by atomic mass is 32.2. The Morgan fingerprint density at radius 3 is 2.37 bits per heavy atom. The summed E-state index contributed by atoms with van der Waals surface area (Å²) in [6, 6.07) is 4.76. The molecular formula is C13H20N2O2S2. The van der Waals surface area contributed by atoms with Crippen LogP contribution in [0.2, 0.25) is 0 Å². The van der Waals surface area contributed by atoms with Gasteiger partial charge in [-0.3, -0.25) is 0 Å². The Morgan fingerprint density at radius 1 is 1.42 bits per heavy atom. The third-order valence-corrected chi connectivity index (χ3v) is 5.32. The Kier molecular flexibility index (Phi) is 5.06. The first-order valence-electron chi connectivity index (χ1n) is 6.14. The summed E-state index contributed by atoms with van der Waals surface area (Å²) in [5.41, 5.74) is 7.06. The highest BCUT2D eigenvalue weighted by Gasteiger charge is 2.25. The maximum atomic E-state index is 12.5. The molecular weight excluding hydrogens is 280 g/mol. The Morgan fingerprint density at radius 2 is 2.00 bits per heavy atom. The van der Waals surface area contributed by atoms with Gasteiger partial charge in [-0.15, -0.1) is 0 Å². The van der Waals surface area contributed by atoms with Crippen molar-refractivity contribution >= 4 is 27.2 Å². The Bertz CT molecular complexity index is 580. The van der Waals surface area contributed by atoms with Gasteiger partial charge in [-0.25, -0.2) is 8.42 Å². The van der Waals surface area contributed by atoms with Crippen LogP contribution in [0, 0.1) is 6.92 Å². The first kappa shape index (κ1) is 16.1. The first-order chi connectivity index (χ1) is 8.71. The molecule has 0 aromatic heterocycles. The van der Waals surface area contributed by atoms with Gasteiger partial charge in [-0.2, -0.15) is 4.31 Å². The summed E-state index contributed by atoms with van der Waals surface area (Å²) in [6.07, 6.45) is 0. The molecule has 0 aliphatic carbocycles. The first-order valence-corrected chi connectivity index (χ1v) is 7.99. The van der Waals surface area contributed by atoms with Crippen LogP contribution in [0.1, 0.15) is 31.9 Å². The van der Waals surface area contributed by atoms with Gasteiger partial charge in [0.1, 0.15) is 4.99 Å². The predicted octanol–water partition coefficient (Wildman–Crippen LogP) is 2.05. The van der Waals surface area contributed by atoms with E-state index in [1.165, 1.54) is 4.31 Å². The second-order valence-electron chi connectivity index (χ2n) is 4.64. The van der Waals surface area contributed by atoms with E-state index in [2.05, 4.69) is 0 Å². The van der Waals surface area contributed by atoms with Gasteiger partial charge in [0.2, 0.25) is 10.0 Å². The third-order valence-electron chi connectivity index (χ3n) is 2.96. The molecule has 0 heterocycles. The molecule has 0 saturated carbocycles. The molecule has 0 aliphatic rings. The number of sulfonamides is 1. The van der Waals surface area contributed by atoms with E-state index >= 15 is 0 Å². The van der Waals surface area contributed by atoms with Crippen LogP contribution in [0.25, 0.3) is 0 Å². The molecule has 6 heteroatoms. The summed E-state index contributed by atoms with van der Waals surface area (Å²) in [7, 11) is -3.47. The Labute approximate surface area is 120 Å². The van der Waals surface area contributed by atoms with Crippen LogP contribution in [0.3, 0.4) is 0 Å². The number of aryl methyl sites for hydroxylation is 1. The number of nitrogens with zero attached hydrogens (tertiary/aromatic N) is 1. The summed E-state index contributed by atoms with van der Waals surface area (Å²) in [6.45, 7) is 7.79. The van der Waals surface area contributed by atoms with Gasteiger partial charge in [0.05, 0.1) is 4.90 Å². The van der Waals surface area contributed by atoms with Crippen molar-refractivity contribution in [2.24, 2.45) is 5.73 Å². The van der Waals surface area contributed by atoms with Crippen molar-refractivity contribution in [1.82, 2.24) is 4.31 Å². The molecule has 0 saturated heterocycles. The van der Waals surface area contributed by atoms with Gasteiger partial charge < -0.3 is 5.73 Å². The van der Waals surface area contributed by atoms with E-state index in [0.29, 0.717) is 12.1 Å². The summed E-state index contributed by atoms with van der Waals surface area (Å²) >= 11 is 4.92. The second-order valence-corrected chi connectivity index (χ2v) is 6.97. The molecule has 0 unspecified atom stereocenters. The van der Waals surface area contributed by atoms with E-state index in [-0.39, 0.29) is 15.9 Å². The molecule has 106 valence electrons. The smallest absolute Gasteiger partial charge is 0.243 e. The van der Waals surface area contributed by atoms with E-state index in [4.69, 9.17) is 18.0 Å². The quantitative estimate of drug-likeness (QED) is 0.845. The fourth-order valence-corrected chi connectivity index (χ4v) is 3.98. The average molecular weight is 300 g/mol. The molecule has 19 heavy (non-hydrogen) atoms. The monoisotopic (exact) mass is 300 g/mol. The van der Waals surface area contributed by atoms with Gasteiger partial charge in [0, 0.05) is 18.2 Å². The molecule has 0 radical (unpaired) electrons. The highest BCUT2D eigenvalue weighted by molar-refractivity contribution is 7.89. The molecule has 1 rings (SSSR count). The number of hydrogen-bond acceptors (Lipinski definition) is 3. The zero-order valence-electron chi connectivity index (χ0n) is 11.7. The molecule has 0 spiro atoms. The summed E-state index contributed by atoms with van der Waals surface area (Å²) in [5, 5.41) is 0. The number of thiocarbonyl (C=S) groups is 1. The molecule has 0 aliphatic heterocycles. The molecule has 1 aromatic carbocycles. The maximum absolute atomic E-state index is 12.5. The predicted molar refractivity (Wildman–Crippen MR) is 81.8 cm³/mol. The van der Waals surface area contributed by atoms with Crippen LogP contribution < -0.4 is 5.73 Å². The summed E-state index contributed by atoms with van der Waals surface area (Å²) in [5.74, 6) is 0. The lowest BCUT2D eigenvalue weighted by atomic mass is 10.1. The summed E-state index contributed by atoms with van der Waals surface area (Å²) < 4.78 is 26.5. The molecule has 2 N–H and O–H groups in total. The van der Waals surface area contributed by atoms with Crippen molar-refractivity contribution in [1.29, 1.82) is 0 Å². The molecule has 0 bridgehead atoms. The van der Waals surface area contributed by atoms with Gasteiger partial charge in [0.25, 0.3) is 0 Å². The minimum absolute atomic E-state index is 0.0782. The van der Waals surface area contributed by atoms with Gasteiger partial charge in [0.15, 0.2) is 0 Å². The van der Waals surface area contributed by atoms with Crippen LogP contribution in [-0.4, -0.2) is 30.3 Å². The van der Waals surface area contributed by atoms with Crippen LogP contribution in [-0.2, 0) is 10.0 Å². The van der Waals surface area contributed by atoms with E-state index in [9.17, 15) is 8.42 Å². The molecule has 1 aromatic rings. The summed E-state index contributed by atoms with van der Waals surface area (Å²) in [4.78, 5) is 0.554. The van der Waals surface area contributed by atoms with E-state index < -0.39 is 10.0 Å². The van der Waals surface area contributed by atoms with Crippen LogP contribution in [0.15, 0.2) is 23.1 Å². The van der Waals surface area contributed by atoms with Crippen LogP contribution in [0.4, 0.5) is 0 Å². The van der Waals surface area contributed by atoms with E-state index in [1.807, 2.05) is 20.8 Å². The zero-order chi connectivity index (χ0) is 14.8. The van der Waals surface area contributed by atoms with Crippen molar-refractivity contribution in [3.63, 3.8) is 0 Å². The minimum Gasteiger partial charge on any atom is -0.389 e. The van der Waals surface area contributed by atoms with Crippen molar-refractivity contribution in [3.05, 3.63) is 29.3 Å². The number of rotatable bonds is 5. The van der Waals surface area contributed by atoms with Crippen molar-refractivity contribution in [3.8, 4) is 0 Å². The van der Waals surface area contributed by atoms with Crippen molar-refractivity contribution < 1.29 is 8.42 Å². The lowest BCUT2D eigenvalue weighted by molar-refractivity contribution is 0.369. The highest BCUT2D eigenvalue weighted by Crippen LogP contribution is 2.21. The zero-order valence-corrected chi connectivity index (χ0v) is 13.3. The normalized spacial score (nSPS) is 12.1. The molecule has 4 nitrogen and oxygen atoms in total. The topological polar surface area (TPSA) is 63.4 Å². The van der Waals surface area contributed by atoms with Gasteiger partial charge in [-0.1, -0.05) is 25.2 Å². The number of hydrogen-bond donors (Lipinski definition) is 1. The standard InChI is InChI=1S/C13H20N2O2S2/c1-5-15(9(2)3)19(16,17)11-6-7-12(13(14)18)10(4)8-11/h6-9H,5H2,1-4H3,(H2,14,18). The average Bonchev–Trinajstić information content (AvgIpc) is 2.28. The molecule has 0 fully saturated rings. The Hall–Kier alpha value is -0.980. The van der Waals surface area contributed by atoms with E-state index in [1.54, 1.807) is 25.1 Å². The minimum atomic E-state index is -3.47. The van der Waals surface area contributed by atoms with Crippen LogP contribution >= 0.6 is 12.2 Å². The molecule has 0 atom stereocenters. The van der Waals surface area contributed by atoms with Crippen LogP contribution in [0.5, 0.6) is 0 Å². The lowest BCUT2D eigenvalue weighted by Crippen LogP contribution is -2.36. The Balaban J connectivity index is 3.30. The SMILES string of the molecule is CCN(C(C)C)S(=O)(=O)c1ccc(C(N)=S)c(C)c1. The van der Waals surface area contributed by atoms with Crippen molar-refractivity contribution in [2.45, 2.75) is 38.6 Å². The second kappa shape index (κ2) is 5.98. The third kappa shape index (κ3) is 3.32. The number of benzene rings is 1. The largest absolute Gasteiger partial charge is 0.389 e. The van der Waals surface area contributed by atoms with Gasteiger partial charge >= 0.3 is 0 Å². The molecule has 0 amide bonds. The van der Waals surface area contributed by atoms with Gasteiger partial charge in [-0.05, 0) is 38.5 Å². The fourth-order valence-electron chi connectivity index (χ4n) is 2.02. The lowest BCUT2D eigenvalue weighted by Gasteiger charge is -2.24. The van der Waals surface area contributed by atoms with Crippen molar-refractivity contribution in [2.75, 3.05) is 6.54 Å².